The summed E-state index contributed by atoms with van der Waals surface area (Å²) in [6.45, 7) is 1.15. The highest BCUT2D eigenvalue weighted by molar-refractivity contribution is 6.45. The van der Waals surface area contributed by atoms with Gasteiger partial charge >= 0.3 is 5.97 Å². The van der Waals surface area contributed by atoms with Crippen molar-refractivity contribution in [3.8, 4) is 5.69 Å². The van der Waals surface area contributed by atoms with E-state index in [9.17, 15) is 9.59 Å². The first-order valence-corrected chi connectivity index (χ1v) is 10.3. The van der Waals surface area contributed by atoms with Crippen LogP contribution in [-0.4, -0.2) is 63.9 Å². The lowest BCUT2D eigenvalue weighted by Crippen LogP contribution is -2.50. The number of imidazole rings is 1. The third-order valence-electron chi connectivity index (χ3n) is 4.94. The monoisotopic (exact) mass is 463 g/mol. The predicted octanol–water partition coefficient (Wildman–Crippen LogP) is 2.52. The van der Waals surface area contributed by atoms with E-state index in [1.807, 2.05) is 27.8 Å². The molecule has 1 aromatic carbocycles. The highest BCUT2D eigenvalue weighted by Gasteiger charge is 2.28. The van der Waals surface area contributed by atoms with Gasteiger partial charge in [0.2, 0.25) is 0 Å². The van der Waals surface area contributed by atoms with Crippen molar-refractivity contribution in [2.45, 2.75) is 12.5 Å². The van der Waals surface area contributed by atoms with Gasteiger partial charge in [-0.2, -0.15) is 0 Å². The molecule has 1 fully saturated rings. The summed E-state index contributed by atoms with van der Waals surface area (Å²) in [7, 11) is 0. The lowest BCUT2D eigenvalue weighted by Gasteiger charge is -2.33. The molecule has 1 aliphatic heterocycles. The van der Waals surface area contributed by atoms with Crippen LogP contribution in [0.2, 0.25) is 10.0 Å². The molecule has 1 amide bonds. The van der Waals surface area contributed by atoms with Crippen LogP contribution in [0.15, 0.2) is 36.9 Å². The lowest BCUT2D eigenvalue weighted by molar-refractivity contribution is -0.137. The maximum atomic E-state index is 12.4. The summed E-state index contributed by atoms with van der Waals surface area (Å²) in [5.74, 6) is -0.718. The molecule has 9 nitrogen and oxygen atoms in total. The van der Waals surface area contributed by atoms with E-state index in [4.69, 9.17) is 38.0 Å². The molecule has 1 aliphatic rings. The molecule has 0 saturated carbocycles. The number of fused-ring (bicyclic) bond motifs is 1. The normalized spacial score (nSPS) is 16.5. The number of rotatable bonds is 6. The first kappa shape index (κ1) is 21.4. The Kier molecular flexibility index (Phi) is 6.26. The van der Waals surface area contributed by atoms with Gasteiger partial charge in [-0.05, 0) is 12.1 Å². The zero-order valence-corrected chi connectivity index (χ0v) is 17.8. The van der Waals surface area contributed by atoms with Crippen LogP contribution in [0.1, 0.15) is 6.42 Å². The van der Waals surface area contributed by atoms with E-state index in [0.717, 1.165) is 11.1 Å². The molecule has 0 unspecified atom stereocenters. The Morgan fingerprint density at radius 1 is 1.32 bits per heavy atom. The molecule has 2 aromatic heterocycles. The number of aromatic nitrogens is 3. The number of hydrogen-bond donors (Lipinski definition) is 2. The smallest absolute Gasteiger partial charge is 0.305 e. The van der Waals surface area contributed by atoms with Gasteiger partial charge in [-0.25, -0.2) is 9.97 Å². The van der Waals surface area contributed by atoms with Gasteiger partial charge in [-0.3, -0.25) is 9.59 Å². The van der Waals surface area contributed by atoms with Gasteiger partial charge in [0.05, 0.1) is 47.1 Å². The fraction of sp³-hybridized carbons (Fsp3) is 0.300. The third kappa shape index (κ3) is 4.58. The number of nitrogens with zero attached hydrogens (tertiary/aromatic N) is 4. The zero-order valence-electron chi connectivity index (χ0n) is 16.3. The third-order valence-corrected chi connectivity index (χ3v) is 5.74. The fourth-order valence-corrected chi connectivity index (χ4v) is 3.76. The van der Waals surface area contributed by atoms with Gasteiger partial charge in [0, 0.05) is 36.9 Å². The van der Waals surface area contributed by atoms with Gasteiger partial charge in [-0.1, -0.05) is 23.2 Å². The fourth-order valence-electron chi connectivity index (χ4n) is 3.40. The van der Waals surface area contributed by atoms with E-state index in [2.05, 4.69) is 10.3 Å². The summed E-state index contributed by atoms with van der Waals surface area (Å²) < 4.78 is 7.45. The number of pyridine rings is 1. The predicted molar refractivity (Wildman–Crippen MR) is 116 cm³/mol. The average Bonchev–Trinajstić information content (AvgIpc) is 3.30. The molecule has 3 aromatic rings. The Balaban J connectivity index is 1.65. The van der Waals surface area contributed by atoms with Crippen molar-refractivity contribution >= 4 is 51.8 Å². The van der Waals surface area contributed by atoms with Crippen LogP contribution in [0.5, 0.6) is 0 Å². The van der Waals surface area contributed by atoms with Crippen LogP contribution in [0.3, 0.4) is 0 Å². The number of aliphatic carboxylic acids is 1. The SMILES string of the molecule is O=C(O)CCNC(=O)[C@@H]1CN(c2cc(-n3ccnc3)c3ccc(Cl)c(Cl)c3n2)CCO1. The standard InChI is InChI=1S/C20H19Cl2N5O4/c21-13-2-1-12-14(27-6-5-23-11-27)9-16(25-19(12)18(13)22)26-7-8-31-15(10-26)20(30)24-4-3-17(28)29/h1-2,5-6,9,11,15H,3-4,7-8,10H2,(H,24,30)(H,28,29)/t15-/m0/s1. The molecule has 11 heteroatoms. The van der Waals surface area contributed by atoms with Gasteiger partial charge in [0.15, 0.2) is 6.10 Å². The number of morpholine rings is 1. The van der Waals surface area contributed by atoms with E-state index >= 15 is 0 Å². The van der Waals surface area contributed by atoms with Crippen molar-refractivity contribution in [2.24, 2.45) is 0 Å². The highest BCUT2D eigenvalue weighted by Crippen LogP contribution is 2.35. The second-order valence-electron chi connectivity index (χ2n) is 6.97. The average molecular weight is 464 g/mol. The molecule has 0 spiro atoms. The first-order valence-electron chi connectivity index (χ1n) is 9.57. The second kappa shape index (κ2) is 9.09. The minimum absolute atomic E-state index is 0.0428. The Labute approximate surface area is 187 Å². The van der Waals surface area contributed by atoms with E-state index in [1.165, 1.54) is 0 Å². The van der Waals surface area contributed by atoms with Crippen molar-refractivity contribution < 1.29 is 19.4 Å². The maximum Gasteiger partial charge on any atom is 0.305 e. The van der Waals surface area contributed by atoms with Crippen LogP contribution in [0.25, 0.3) is 16.6 Å². The van der Waals surface area contributed by atoms with Gasteiger partial charge < -0.3 is 24.6 Å². The number of halogens is 2. The van der Waals surface area contributed by atoms with E-state index < -0.39 is 12.1 Å². The summed E-state index contributed by atoms with van der Waals surface area (Å²) in [6, 6.07) is 5.48. The minimum atomic E-state index is -0.977. The number of benzene rings is 1. The van der Waals surface area contributed by atoms with Gasteiger partial charge in [0.25, 0.3) is 5.91 Å². The number of nitrogens with one attached hydrogen (secondary N) is 1. The van der Waals surface area contributed by atoms with Crippen molar-refractivity contribution in [3.05, 3.63) is 47.0 Å². The molecule has 1 atom stereocenters. The molecule has 0 aliphatic carbocycles. The molecule has 2 N–H and O–H groups in total. The Bertz CT molecular complexity index is 1120. The Hall–Kier alpha value is -2.88. The molecular formula is C20H19Cl2N5O4. The Morgan fingerprint density at radius 3 is 2.90 bits per heavy atom. The summed E-state index contributed by atoms with van der Waals surface area (Å²) in [5, 5.41) is 12.9. The first-order chi connectivity index (χ1) is 14.9. The minimum Gasteiger partial charge on any atom is -0.481 e. The quantitative estimate of drug-likeness (QED) is 0.577. The van der Waals surface area contributed by atoms with Crippen molar-refractivity contribution in [1.82, 2.24) is 19.9 Å². The number of amides is 1. The Morgan fingerprint density at radius 2 is 2.16 bits per heavy atom. The van der Waals surface area contributed by atoms with E-state index in [-0.39, 0.29) is 25.4 Å². The second-order valence-corrected chi connectivity index (χ2v) is 7.75. The number of ether oxygens (including phenoxy) is 1. The maximum absolute atomic E-state index is 12.4. The van der Waals surface area contributed by atoms with E-state index in [0.29, 0.717) is 34.5 Å². The highest BCUT2D eigenvalue weighted by atomic mass is 35.5. The van der Waals surface area contributed by atoms with Crippen LogP contribution in [0.4, 0.5) is 5.82 Å². The number of carboxylic acid groups (broad SMARTS) is 1. The topological polar surface area (TPSA) is 110 Å². The van der Waals surface area contributed by atoms with E-state index in [1.54, 1.807) is 18.6 Å². The zero-order chi connectivity index (χ0) is 22.0. The molecule has 4 rings (SSSR count). The van der Waals surface area contributed by atoms with Crippen LogP contribution in [0, 0.1) is 0 Å². The number of hydrogen-bond acceptors (Lipinski definition) is 6. The van der Waals surface area contributed by atoms with Gasteiger partial charge in [-0.15, -0.1) is 0 Å². The molecule has 162 valence electrons. The van der Waals surface area contributed by atoms with Crippen LogP contribution in [-0.2, 0) is 14.3 Å². The molecule has 0 radical (unpaired) electrons. The molecule has 0 bridgehead atoms. The number of carbonyl (C=O) groups is 2. The molecule has 31 heavy (non-hydrogen) atoms. The summed E-state index contributed by atoms with van der Waals surface area (Å²) in [4.78, 5) is 33.8. The summed E-state index contributed by atoms with van der Waals surface area (Å²) >= 11 is 12.7. The largest absolute Gasteiger partial charge is 0.481 e. The van der Waals surface area contributed by atoms with Crippen molar-refractivity contribution in [1.29, 1.82) is 0 Å². The molecule has 1 saturated heterocycles. The lowest BCUT2D eigenvalue weighted by atomic mass is 10.1. The van der Waals surface area contributed by atoms with Crippen molar-refractivity contribution in [2.75, 3.05) is 31.1 Å². The van der Waals surface area contributed by atoms with Crippen LogP contribution >= 0.6 is 23.2 Å². The summed E-state index contributed by atoms with van der Waals surface area (Å²) in [5.41, 5.74) is 1.37. The summed E-state index contributed by atoms with van der Waals surface area (Å²) in [6.07, 6.45) is 4.28. The van der Waals surface area contributed by atoms with Crippen molar-refractivity contribution in [3.63, 3.8) is 0 Å². The van der Waals surface area contributed by atoms with Gasteiger partial charge in [0.1, 0.15) is 5.82 Å². The molecular weight excluding hydrogens is 445 g/mol. The van der Waals surface area contributed by atoms with Crippen LogP contribution < -0.4 is 10.2 Å². The number of anilines is 1. The number of carbonyl (C=O) groups excluding carboxylic acids is 1. The molecule has 3 heterocycles. The number of carboxylic acids is 1.